The summed E-state index contributed by atoms with van der Waals surface area (Å²) in [6.07, 6.45) is 5.70. The van der Waals surface area contributed by atoms with Crippen LogP contribution in [-0.4, -0.2) is 75.5 Å². The molecule has 5 rings (SSSR count). The molecule has 1 saturated carbocycles. The van der Waals surface area contributed by atoms with Crippen LogP contribution in [0.4, 0.5) is 26.1 Å². The zero-order valence-corrected chi connectivity index (χ0v) is 23.2. The Balaban J connectivity index is 1.21. The third kappa shape index (κ3) is 6.92. The van der Waals surface area contributed by atoms with E-state index in [0.29, 0.717) is 58.9 Å². The van der Waals surface area contributed by atoms with Crippen molar-refractivity contribution >= 4 is 34.1 Å². The van der Waals surface area contributed by atoms with Gasteiger partial charge in [-0.25, -0.2) is 18.7 Å². The number of aliphatic hydroxyl groups excluding tert-OH is 1. The zero-order valence-electron chi connectivity index (χ0n) is 23.2. The maximum atomic E-state index is 13.9. The summed E-state index contributed by atoms with van der Waals surface area (Å²) in [5.74, 6) is -0.750. The Kier molecular flexibility index (Phi) is 9.39. The number of halogens is 2. The third-order valence-corrected chi connectivity index (χ3v) is 7.20. The summed E-state index contributed by atoms with van der Waals surface area (Å²) >= 11 is 0. The number of hydrogen-bond acceptors (Lipinski definition) is 9. The van der Waals surface area contributed by atoms with Gasteiger partial charge in [-0.3, -0.25) is 14.8 Å². The van der Waals surface area contributed by atoms with Gasteiger partial charge in [-0.1, -0.05) is 12.5 Å². The molecule has 13 heteroatoms. The molecule has 42 heavy (non-hydrogen) atoms. The second-order valence-electron chi connectivity index (χ2n) is 10.0. The Morgan fingerprint density at radius 2 is 2.02 bits per heavy atom. The maximum Gasteiger partial charge on any atom is 0.230 e. The molecule has 222 valence electrons. The Bertz CT molecular complexity index is 1530. The summed E-state index contributed by atoms with van der Waals surface area (Å²) in [5.41, 5.74) is 0.847. The minimum Gasteiger partial charge on any atom is -0.493 e. The molecular formula is C29H33F2N7O4. The molecule has 2 heterocycles. The van der Waals surface area contributed by atoms with E-state index in [1.165, 1.54) is 37.7 Å². The summed E-state index contributed by atoms with van der Waals surface area (Å²) in [4.78, 5) is 23.4. The lowest BCUT2D eigenvalue weighted by molar-refractivity contribution is -0.115. The first-order chi connectivity index (χ1) is 20.4. The van der Waals surface area contributed by atoms with E-state index in [9.17, 15) is 18.7 Å². The highest BCUT2D eigenvalue weighted by molar-refractivity contribution is 5.93. The second-order valence-corrected chi connectivity index (χ2v) is 10.0. The lowest BCUT2D eigenvalue weighted by Gasteiger charge is -2.37. The molecular weight excluding hydrogens is 548 g/mol. The van der Waals surface area contributed by atoms with Gasteiger partial charge in [0.25, 0.3) is 0 Å². The Labute approximate surface area is 241 Å². The van der Waals surface area contributed by atoms with E-state index in [1.807, 2.05) is 0 Å². The van der Waals surface area contributed by atoms with Crippen molar-refractivity contribution in [2.45, 2.75) is 38.1 Å². The number of carbonyl (C=O) groups is 1. The number of aromatic amines is 1. The highest BCUT2D eigenvalue weighted by Crippen LogP contribution is 2.35. The Morgan fingerprint density at radius 1 is 1.17 bits per heavy atom. The van der Waals surface area contributed by atoms with Gasteiger partial charge in [0.1, 0.15) is 12.1 Å². The molecule has 0 radical (unpaired) electrons. The van der Waals surface area contributed by atoms with E-state index < -0.39 is 17.5 Å². The molecule has 0 spiro atoms. The predicted molar refractivity (Wildman–Crippen MR) is 153 cm³/mol. The van der Waals surface area contributed by atoms with Crippen molar-refractivity contribution in [1.82, 2.24) is 25.1 Å². The van der Waals surface area contributed by atoms with Crippen LogP contribution in [-0.2, 0) is 11.2 Å². The van der Waals surface area contributed by atoms with E-state index in [1.54, 1.807) is 25.3 Å². The molecule has 0 saturated heterocycles. The van der Waals surface area contributed by atoms with Crippen molar-refractivity contribution in [1.29, 1.82) is 0 Å². The van der Waals surface area contributed by atoms with Gasteiger partial charge in [0.2, 0.25) is 5.91 Å². The first kappa shape index (κ1) is 29.1. The van der Waals surface area contributed by atoms with E-state index in [2.05, 4.69) is 35.7 Å². The summed E-state index contributed by atoms with van der Waals surface area (Å²) in [7, 11) is 1.56. The monoisotopic (exact) mass is 581 g/mol. The van der Waals surface area contributed by atoms with Crippen molar-refractivity contribution < 1.29 is 28.2 Å². The summed E-state index contributed by atoms with van der Waals surface area (Å²) < 4.78 is 38.9. The number of methoxy groups -OCH3 is 1. The minimum absolute atomic E-state index is 0.137. The summed E-state index contributed by atoms with van der Waals surface area (Å²) in [6, 6.07) is 9.33. The molecule has 2 aromatic heterocycles. The van der Waals surface area contributed by atoms with Gasteiger partial charge in [0, 0.05) is 42.3 Å². The van der Waals surface area contributed by atoms with Crippen LogP contribution in [0.25, 0.3) is 10.9 Å². The van der Waals surface area contributed by atoms with Gasteiger partial charge in [-0.05, 0) is 37.5 Å². The fourth-order valence-corrected chi connectivity index (χ4v) is 4.85. The maximum absolute atomic E-state index is 13.9. The molecule has 1 amide bonds. The number of benzene rings is 2. The SMILES string of the molecule is COc1cc2c(Nc3cc(CC(=O)Nc4cccc(F)c4F)[nH]n3)ncnc2cc1OCCCN(CCO)C1CCC1. The highest BCUT2D eigenvalue weighted by Gasteiger charge is 2.24. The number of aromatic nitrogens is 4. The van der Waals surface area contributed by atoms with Crippen molar-refractivity contribution in [2.75, 3.05) is 44.0 Å². The van der Waals surface area contributed by atoms with E-state index in [-0.39, 0.29) is 18.7 Å². The van der Waals surface area contributed by atoms with Gasteiger partial charge < -0.3 is 25.2 Å². The highest BCUT2D eigenvalue weighted by atomic mass is 19.2. The van der Waals surface area contributed by atoms with Crippen molar-refractivity contribution in [3.05, 3.63) is 60.1 Å². The lowest BCUT2D eigenvalue weighted by Crippen LogP contribution is -2.42. The average molecular weight is 582 g/mol. The van der Waals surface area contributed by atoms with E-state index in [0.717, 1.165) is 19.0 Å². The number of fused-ring (bicyclic) bond motifs is 1. The average Bonchev–Trinajstić information content (AvgIpc) is 3.38. The van der Waals surface area contributed by atoms with Gasteiger partial charge in [-0.2, -0.15) is 5.10 Å². The third-order valence-electron chi connectivity index (χ3n) is 7.20. The number of amides is 1. The topological polar surface area (TPSA) is 138 Å². The first-order valence-electron chi connectivity index (χ1n) is 13.8. The van der Waals surface area contributed by atoms with Crippen LogP contribution in [0.15, 0.2) is 42.7 Å². The Morgan fingerprint density at radius 3 is 2.79 bits per heavy atom. The molecule has 4 aromatic rings. The molecule has 0 unspecified atom stereocenters. The van der Waals surface area contributed by atoms with Crippen LogP contribution < -0.4 is 20.1 Å². The van der Waals surface area contributed by atoms with E-state index in [4.69, 9.17) is 9.47 Å². The molecule has 2 aromatic carbocycles. The summed E-state index contributed by atoms with van der Waals surface area (Å²) in [6.45, 7) is 2.17. The molecule has 1 aliphatic rings. The van der Waals surface area contributed by atoms with Crippen molar-refractivity contribution in [2.24, 2.45) is 0 Å². The molecule has 4 N–H and O–H groups in total. The quantitative estimate of drug-likeness (QED) is 0.162. The molecule has 11 nitrogen and oxygen atoms in total. The number of H-pyrrole nitrogens is 1. The number of nitrogens with one attached hydrogen (secondary N) is 3. The standard InChI is InChI=1S/C29H33F2N7O4/c1-41-24-15-20-23(16-25(24)42-12-4-9-38(10-11-39)19-5-2-6-19)32-17-33-29(20)35-26-13-18(36-37-26)14-27(40)34-22-8-3-7-21(30)28(22)31/h3,7-8,13,15-17,19,39H,2,4-6,9-12,14H2,1H3,(H,34,40)(H2,32,33,35,36,37). The van der Waals surface area contributed by atoms with Crippen LogP contribution >= 0.6 is 0 Å². The first-order valence-corrected chi connectivity index (χ1v) is 13.8. The van der Waals surface area contributed by atoms with E-state index >= 15 is 0 Å². The smallest absolute Gasteiger partial charge is 0.230 e. The number of nitrogens with zero attached hydrogens (tertiary/aromatic N) is 4. The fraction of sp³-hybridized carbons (Fsp3) is 0.379. The van der Waals surface area contributed by atoms with Gasteiger partial charge in [0.15, 0.2) is 29.0 Å². The number of anilines is 3. The van der Waals surface area contributed by atoms with Crippen molar-refractivity contribution in [3.63, 3.8) is 0 Å². The lowest BCUT2D eigenvalue weighted by atomic mass is 9.91. The van der Waals surface area contributed by atoms with Gasteiger partial charge in [0.05, 0.1) is 37.9 Å². The number of hydrogen-bond donors (Lipinski definition) is 4. The Hall–Kier alpha value is -4.36. The molecule has 0 aliphatic heterocycles. The largest absolute Gasteiger partial charge is 0.493 e. The molecule has 0 bridgehead atoms. The van der Waals surface area contributed by atoms with Gasteiger partial charge >= 0.3 is 0 Å². The number of aliphatic hydroxyl groups is 1. The number of carbonyl (C=O) groups excluding carboxylic acids is 1. The second kappa shape index (κ2) is 13.5. The fourth-order valence-electron chi connectivity index (χ4n) is 4.85. The van der Waals surface area contributed by atoms with Crippen LogP contribution in [0.2, 0.25) is 0 Å². The number of ether oxygens (including phenoxy) is 2. The molecule has 1 fully saturated rings. The summed E-state index contributed by atoms with van der Waals surface area (Å²) in [5, 5.41) is 22.5. The molecule has 0 atom stereocenters. The zero-order chi connectivity index (χ0) is 29.5. The molecule has 1 aliphatic carbocycles. The number of rotatable bonds is 14. The normalized spacial score (nSPS) is 13.3. The van der Waals surface area contributed by atoms with Crippen LogP contribution in [0, 0.1) is 11.6 Å². The van der Waals surface area contributed by atoms with Crippen LogP contribution in [0.1, 0.15) is 31.4 Å². The van der Waals surface area contributed by atoms with Gasteiger partial charge in [-0.15, -0.1) is 0 Å². The minimum atomic E-state index is -1.12. The van der Waals surface area contributed by atoms with Crippen molar-refractivity contribution in [3.8, 4) is 11.5 Å². The van der Waals surface area contributed by atoms with Crippen LogP contribution in [0.3, 0.4) is 0 Å². The van der Waals surface area contributed by atoms with Crippen LogP contribution in [0.5, 0.6) is 11.5 Å². The predicted octanol–water partition coefficient (Wildman–Crippen LogP) is 4.18.